The molecule has 2 fully saturated rings. The number of benzene rings is 2. The van der Waals surface area contributed by atoms with E-state index in [2.05, 4.69) is 26.6 Å². The Morgan fingerprint density at radius 1 is 1.05 bits per heavy atom. The summed E-state index contributed by atoms with van der Waals surface area (Å²) < 4.78 is 18.2. The molecule has 2 atom stereocenters. The van der Waals surface area contributed by atoms with Crippen LogP contribution in [0.3, 0.4) is 0 Å². The van der Waals surface area contributed by atoms with Crippen LogP contribution in [0.25, 0.3) is 0 Å². The van der Waals surface area contributed by atoms with Crippen molar-refractivity contribution < 1.29 is 23.8 Å². The molecule has 40 heavy (non-hydrogen) atoms. The summed E-state index contributed by atoms with van der Waals surface area (Å²) in [4.78, 5) is 32.7. The monoisotopic (exact) mass is 542 g/mol. The Bertz CT molecular complexity index is 1370. The summed E-state index contributed by atoms with van der Waals surface area (Å²) in [5.74, 6) is 1.74. The second-order valence-electron chi connectivity index (χ2n) is 10.8. The fraction of sp³-hybridized carbons (Fsp3) is 0.387. The van der Waals surface area contributed by atoms with Crippen molar-refractivity contribution in [2.45, 2.75) is 45.0 Å². The predicted octanol–water partition coefficient (Wildman–Crippen LogP) is 3.25. The van der Waals surface area contributed by atoms with Gasteiger partial charge in [-0.05, 0) is 67.1 Å². The first-order valence-corrected chi connectivity index (χ1v) is 13.9. The van der Waals surface area contributed by atoms with Crippen molar-refractivity contribution in [1.82, 2.24) is 20.5 Å². The number of carbonyl (C=O) groups excluding carboxylic acids is 2. The molecule has 1 aromatic heterocycles. The molecule has 1 aliphatic carbocycles. The molecule has 2 N–H and O–H groups in total. The molecular formula is C31H34N4O5. The van der Waals surface area contributed by atoms with Crippen LogP contribution in [0.5, 0.6) is 17.2 Å². The fourth-order valence-corrected chi connectivity index (χ4v) is 5.05. The quantitative estimate of drug-likeness (QED) is 0.510. The molecule has 4 heterocycles. The zero-order chi connectivity index (χ0) is 27.5. The Hall–Kier alpha value is -4.11. The van der Waals surface area contributed by atoms with Gasteiger partial charge in [0.2, 0.25) is 0 Å². The van der Waals surface area contributed by atoms with E-state index in [1.807, 2.05) is 37.3 Å². The van der Waals surface area contributed by atoms with E-state index in [1.165, 1.54) is 0 Å². The summed E-state index contributed by atoms with van der Waals surface area (Å²) in [5.41, 5.74) is 3.51. The molecule has 4 bridgehead atoms. The van der Waals surface area contributed by atoms with Gasteiger partial charge in [-0.2, -0.15) is 0 Å². The number of aromatic nitrogens is 1. The van der Waals surface area contributed by atoms with E-state index in [0.717, 1.165) is 29.7 Å². The number of rotatable bonds is 5. The molecule has 7 rings (SSSR count). The molecule has 2 amide bonds. The van der Waals surface area contributed by atoms with E-state index >= 15 is 0 Å². The minimum absolute atomic E-state index is 0.165. The van der Waals surface area contributed by atoms with E-state index < -0.39 is 0 Å². The van der Waals surface area contributed by atoms with Crippen molar-refractivity contribution in [2.24, 2.45) is 5.92 Å². The number of aryl methyl sites for hydroxylation is 1. The van der Waals surface area contributed by atoms with Crippen molar-refractivity contribution in [1.29, 1.82) is 0 Å². The Kier molecular flexibility index (Phi) is 7.55. The Labute approximate surface area is 233 Å². The SMILES string of the molecule is Cc1ncccc1CN1C[C@@H]2NC(=O)c3cc(cc(OCC4CC4)c3)OCC(=O)NCc3ccc(cc3)O[C@H]2C1. The first kappa shape index (κ1) is 26.1. The highest BCUT2D eigenvalue weighted by atomic mass is 16.5. The second-order valence-corrected chi connectivity index (χ2v) is 10.8. The number of carbonyl (C=O) groups is 2. The average molecular weight is 543 g/mol. The van der Waals surface area contributed by atoms with Gasteiger partial charge >= 0.3 is 0 Å². The third-order valence-corrected chi connectivity index (χ3v) is 7.56. The molecule has 1 saturated carbocycles. The summed E-state index contributed by atoms with van der Waals surface area (Å²) in [5, 5.41) is 6.08. The lowest BCUT2D eigenvalue weighted by molar-refractivity contribution is -0.123. The van der Waals surface area contributed by atoms with E-state index in [9.17, 15) is 9.59 Å². The molecule has 9 nitrogen and oxygen atoms in total. The number of likely N-dealkylation sites (tertiary alicyclic amines) is 1. The smallest absolute Gasteiger partial charge is 0.258 e. The number of pyridine rings is 1. The number of nitrogens with zero attached hydrogens (tertiary/aromatic N) is 2. The number of nitrogens with one attached hydrogen (secondary N) is 2. The second kappa shape index (κ2) is 11.6. The van der Waals surface area contributed by atoms with E-state index in [0.29, 0.717) is 61.5 Å². The highest BCUT2D eigenvalue weighted by Gasteiger charge is 2.36. The highest BCUT2D eigenvalue weighted by Crippen LogP contribution is 2.31. The summed E-state index contributed by atoms with van der Waals surface area (Å²) in [6, 6.07) is 16.6. The van der Waals surface area contributed by atoms with Crippen molar-refractivity contribution >= 4 is 11.8 Å². The standard InChI is InChI=1S/C31H34N4O5/c1-20-23(3-2-10-32-20)15-35-16-28-29(17-35)40-25-8-6-21(7-9-25)14-33-30(36)19-39-27-12-24(31(37)34-28)11-26(13-27)38-18-22-4-5-22/h2-3,6-13,22,28-29H,4-5,14-19H2,1H3,(H,33,36)(H,34,37)/t28-,29-/m0/s1. The molecule has 2 aromatic carbocycles. The molecule has 0 radical (unpaired) electrons. The first-order valence-electron chi connectivity index (χ1n) is 13.9. The molecule has 0 unspecified atom stereocenters. The largest absolute Gasteiger partial charge is 0.493 e. The summed E-state index contributed by atoms with van der Waals surface area (Å²) in [6.45, 7) is 4.81. The van der Waals surface area contributed by atoms with Gasteiger partial charge in [0.05, 0.1) is 12.6 Å². The number of amides is 2. The number of hydrogen-bond acceptors (Lipinski definition) is 7. The number of fused-ring (bicyclic) bond motifs is 7. The normalized spacial score (nSPS) is 21.4. The highest BCUT2D eigenvalue weighted by molar-refractivity contribution is 5.95. The van der Waals surface area contributed by atoms with Crippen molar-refractivity contribution in [2.75, 3.05) is 26.3 Å². The van der Waals surface area contributed by atoms with Crippen LogP contribution in [-0.2, 0) is 17.9 Å². The van der Waals surface area contributed by atoms with Crippen LogP contribution in [0.2, 0.25) is 0 Å². The van der Waals surface area contributed by atoms with Crippen LogP contribution in [-0.4, -0.2) is 60.1 Å². The lowest BCUT2D eigenvalue weighted by Gasteiger charge is -2.22. The zero-order valence-electron chi connectivity index (χ0n) is 22.6. The third-order valence-electron chi connectivity index (χ3n) is 7.56. The van der Waals surface area contributed by atoms with Gasteiger partial charge < -0.3 is 24.8 Å². The summed E-state index contributed by atoms with van der Waals surface area (Å²) in [6.07, 6.45) is 3.85. The van der Waals surface area contributed by atoms with Crippen LogP contribution >= 0.6 is 0 Å². The van der Waals surface area contributed by atoms with Gasteiger partial charge in [-0.3, -0.25) is 19.5 Å². The maximum absolute atomic E-state index is 13.6. The van der Waals surface area contributed by atoms with Gasteiger partial charge in [0.1, 0.15) is 23.4 Å². The first-order chi connectivity index (χ1) is 19.5. The molecule has 3 aliphatic heterocycles. The van der Waals surface area contributed by atoms with Gasteiger partial charge in [0.15, 0.2) is 6.61 Å². The van der Waals surface area contributed by atoms with Gasteiger partial charge in [0.25, 0.3) is 11.8 Å². The average Bonchev–Trinajstić information content (AvgIpc) is 3.72. The van der Waals surface area contributed by atoms with Crippen LogP contribution in [0.4, 0.5) is 0 Å². The molecule has 3 aromatic rings. The summed E-state index contributed by atoms with van der Waals surface area (Å²) >= 11 is 0. The van der Waals surface area contributed by atoms with Crippen molar-refractivity contribution in [3.8, 4) is 17.2 Å². The zero-order valence-corrected chi connectivity index (χ0v) is 22.6. The van der Waals surface area contributed by atoms with Crippen molar-refractivity contribution in [3.05, 3.63) is 83.2 Å². The topological polar surface area (TPSA) is 102 Å². The Balaban J connectivity index is 1.27. The Morgan fingerprint density at radius 2 is 1.90 bits per heavy atom. The van der Waals surface area contributed by atoms with Crippen LogP contribution in [0.1, 0.15) is 40.0 Å². The van der Waals surface area contributed by atoms with Gasteiger partial charge in [-0.25, -0.2) is 0 Å². The lowest BCUT2D eigenvalue weighted by Crippen LogP contribution is -2.45. The molecule has 0 spiro atoms. The maximum Gasteiger partial charge on any atom is 0.258 e. The fourth-order valence-electron chi connectivity index (χ4n) is 5.05. The molecule has 4 aliphatic rings. The van der Waals surface area contributed by atoms with Gasteiger partial charge in [0, 0.05) is 49.7 Å². The maximum atomic E-state index is 13.6. The van der Waals surface area contributed by atoms with Gasteiger partial charge in [-0.15, -0.1) is 0 Å². The van der Waals surface area contributed by atoms with E-state index in [4.69, 9.17) is 14.2 Å². The van der Waals surface area contributed by atoms with E-state index in [-0.39, 0.29) is 30.6 Å². The molecule has 9 heteroatoms. The lowest BCUT2D eigenvalue weighted by atomic mass is 10.1. The minimum atomic E-state index is -0.257. The summed E-state index contributed by atoms with van der Waals surface area (Å²) in [7, 11) is 0. The number of hydrogen-bond donors (Lipinski definition) is 2. The molecular weight excluding hydrogens is 508 g/mol. The number of ether oxygens (including phenoxy) is 3. The third kappa shape index (κ3) is 6.54. The minimum Gasteiger partial charge on any atom is -0.493 e. The molecule has 208 valence electrons. The van der Waals surface area contributed by atoms with Crippen LogP contribution < -0.4 is 24.8 Å². The Morgan fingerprint density at radius 3 is 2.70 bits per heavy atom. The van der Waals surface area contributed by atoms with Crippen molar-refractivity contribution in [3.63, 3.8) is 0 Å². The molecule has 1 saturated heterocycles. The van der Waals surface area contributed by atoms with Gasteiger partial charge in [-0.1, -0.05) is 18.2 Å². The predicted molar refractivity (Wildman–Crippen MR) is 148 cm³/mol. The van der Waals surface area contributed by atoms with Crippen LogP contribution in [0, 0.1) is 12.8 Å². The van der Waals surface area contributed by atoms with Crippen LogP contribution in [0.15, 0.2) is 60.8 Å². The van der Waals surface area contributed by atoms with E-state index in [1.54, 1.807) is 24.4 Å².